The molecule has 0 aromatic heterocycles. The van der Waals surface area contributed by atoms with Crippen molar-refractivity contribution in [3.05, 3.63) is 5.21 Å². The minimum atomic E-state index is -0.160. The van der Waals surface area contributed by atoms with Gasteiger partial charge < -0.3 is 15.0 Å². The lowest BCUT2D eigenvalue weighted by molar-refractivity contribution is -0.139. The summed E-state index contributed by atoms with van der Waals surface area (Å²) in [7, 11) is 0. The Labute approximate surface area is 93.7 Å². The number of morpholine rings is 1. The lowest BCUT2D eigenvalue weighted by atomic mass is 10.2. The highest BCUT2D eigenvalue weighted by Crippen LogP contribution is 2.14. The molecule has 2 heterocycles. The summed E-state index contributed by atoms with van der Waals surface area (Å²) in [6.45, 7) is 1.53. The Morgan fingerprint density at radius 1 is 1.31 bits per heavy atom. The van der Waals surface area contributed by atoms with Crippen molar-refractivity contribution in [2.75, 3.05) is 26.2 Å². The predicted molar refractivity (Wildman–Crippen MR) is 55.3 cm³/mol. The number of hydrogen-bond donors (Lipinski definition) is 0. The van der Waals surface area contributed by atoms with Gasteiger partial charge in [0, 0.05) is 32.5 Å². The van der Waals surface area contributed by atoms with E-state index in [0.29, 0.717) is 45.5 Å². The van der Waals surface area contributed by atoms with Gasteiger partial charge in [0.15, 0.2) is 0 Å². The number of likely N-dealkylation sites (tertiary alicyclic amines) is 1. The van der Waals surface area contributed by atoms with Crippen LogP contribution in [-0.4, -0.2) is 54.1 Å². The number of hydroxylamine groups is 2. The van der Waals surface area contributed by atoms with Crippen LogP contribution in [0, 0.1) is 5.21 Å². The first kappa shape index (κ1) is 11.5. The number of hydrogen-bond acceptors (Lipinski definition) is 5. The van der Waals surface area contributed by atoms with Crippen molar-refractivity contribution >= 4 is 11.8 Å². The molecule has 0 aromatic rings. The molecule has 16 heavy (non-hydrogen) atoms. The summed E-state index contributed by atoms with van der Waals surface area (Å²) in [6, 6.07) is 0. The summed E-state index contributed by atoms with van der Waals surface area (Å²) < 4.78 is 5.39. The largest absolute Gasteiger partial charge is 0.785 e. The Bertz CT molecular complexity index is 279. The van der Waals surface area contributed by atoms with E-state index in [0.717, 1.165) is 5.06 Å². The first-order valence-electron chi connectivity index (χ1n) is 5.53. The maximum absolute atomic E-state index is 11.3. The van der Waals surface area contributed by atoms with Crippen molar-refractivity contribution in [2.24, 2.45) is 0 Å². The van der Waals surface area contributed by atoms with Crippen LogP contribution in [0.25, 0.3) is 0 Å². The normalized spacial score (nSPS) is 27.8. The van der Waals surface area contributed by atoms with Crippen LogP contribution in [0.4, 0.5) is 0 Å². The van der Waals surface area contributed by atoms with Gasteiger partial charge in [-0.1, -0.05) is 0 Å². The quantitative estimate of drug-likeness (QED) is 0.620. The van der Waals surface area contributed by atoms with E-state index in [2.05, 4.69) is 0 Å². The molecule has 0 saturated carbocycles. The summed E-state index contributed by atoms with van der Waals surface area (Å²) >= 11 is 0. The Morgan fingerprint density at radius 2 is 2.00 bits per heavy atom. The Morgan fingerprint density at radius 3 is 2.62 bits per heavy atom. The SMILES string of the molecule is O=C1CCC(=O)N1CCC1CN([O-])CCO1. The van der Waals surface area contributed by atoms with E-state index < -0.39 is 0 Å². The molecule has 2 saturated heterocycles. The molecular formula is C10H15N2O4-. The minimum Gasteiger partial charge on any atom is -0.785 e. The van der Waals surface area contributed by atoms with Crippen LogP contribution in [0.5, 0.6) is 0 Å². The van der Waals surface area contributed by atoms with Gasteiger partial charge in [0.2, 0.25) is 11.8 Å². The first-order chi connectivity index (χ1) is 7.66. The van der Waals surface area contributed by atoms with Crippen LogP contribution in [0.1, 0.15) is 19.3 Å². The number of rotatable bonds is 3. The average molecular weight is 227 g/mol. The van der Waals surface area contributed by atoms with Gasteiger partial charge in [-0.2, -0.15) is 0 Å². The first-order valence-corrected chi connectivity index (χ1v) is 5.53. The molecule has 1 atom stereocenters. The van der Waals surface area contributed by atoms with Gasteiger partial charge in [-0.05, 0) is 6.42 Å². The fourth-order valence-electron chi connectivity index (χ4n) is 2.01. The summed E-state index contributed by atoms with van der Waals surface area (Å²) in [5.41, 5.74) is 0. The van der Waals surface area contributed by atoms with Crippen molar-refractivity contribution in [3.8, 4) is 0 Å². The van der Waals surface area contributed by atoms with Crippen molar-refractivity contribution in [1.29, 1.82) is 0 Å². The standard InChI is InChI=1S/C10H15N2O4/c13-9-1-2-10(14)12(9)4-3-8-7-11(15)5-6-16-8/h8H,1-7H2/q-1. The number of carbonyl (C=O) groups is 2. The molecule has 2 fully saturated rings. The highest BCUT2D eigenvalue weighted by Gasteiger charge is 2.29. The summed E-state index contributed by atoms with van der Waals surface area (Å²) in [4.78, 5) is 23.9. The molecular weight excluding hydrogens is 212 g/mol. The van der Waals surface area contributed by atoms with Crippen molar-refractivity contribution in [3.63, 3.8) is 0 Å². The van der Waals surface area contributed by atoms with Crippen molar-refractivity contribution in [2.45, 2.75) is 25.4 Å². The van der Waals surface area contributed by atoms with E-state index in [1.807, 2.05) is 0 Å². The molecule has 0 bridgehead atoms. The second kappa shape index (κ2) is 4.90. The number of ether oxygens (including phenoxy) is 1. The fourth-order valence-corrected chi connectivity index (χ4v) is 2.01. The molecule has 2 aliphatic heterocycles. The van der Waals surface area contributed by atoms with E-state index >= 15 is 0 Å². The monoisotopic (exact) mass is 227 g/mol. The van der Waals surface area contributed by atoms with Gasteiger partial charge in [-0.15, -0.1) is 0 Å². The second-order valence-electron chi connectivity index (χ2n) is 4.11. The number of carbonyl (C=O) groups excluding carboxylic acids is 2. The van der Waals surface area contributed by atoms with Crippen LogP contribution < -0.4 is 0 Å². The molecule has 0 spiro atoms. The molecule has 2 rings (SSSR count). The summed E-state index contributed by atoms with van der Waals surface area (Å²) in [5, 5.41) is 12.0. The molecule has 6 heteroatoms. The van der Waals surface area contributed by atoms with Gasteiger partial charge >= 0.3 is 0 Å². The van der Waals surface area contributed by atoms with Crippen LogP contribution in [0.3, 0.4) is 0 Å². The third-order valence-electron chi connectivity index (χ3n) is 2.93. The average Bonchev–Trinajstić information content (AvgIpc) is 2.56. The molecule has 0 radical (unpaired) electrons. The highest BCUT2D eigenvalue weighted by atomic mass is 16.5. The second-order valence-corrected chi connectivity index (χ2v) is 4.11. The van der Waals surface area contributed by atoms with E-state index in [1.165, 1.54) is 4.90 Å². The summed E-state index contributed by atoms with van der Waals surface area (Å²) in [6.07, 6.45) is 1.03. The van der Waals surface area contributed by atoms with Gasteiger partial charge in [-0.25, -0.2) is 0 Å². The number of amides is 2. The van der Waals surface area contributed by atoms with Gasteiger partial charge in [0.1, 0.15) is 0 Å². The van der Waals surface area contributed by atoms with Crippen molar-refractivity contribution < 1.29 is 14.3 Å². The van der Waals surface area contributed by atoms with E-state index in [4.69, 9.17) is 4.74 Å². The lowest BCUT2D eigenvalue weighted by Crippen LogP contribution is -2.41. The minimum absolute atomic E-state index is 0.111. The zero-order valence-electron chi connectivity index (χ0n) is 9.05. The molecule has 90 valence electrons. The zero-order valence-corrected chi connectivity index (χ0v) is 9.05. The molecule has 0 N–H and O–H groups in total. The number of imide groups is 1. The van der Waals surface area contributed by atoms with Gasteiger partial charge in [0.05, 0.1) is 12.7 Å². The van der Waals surface area contributed by atoms with Crippen LogP contribution in [0.15, 0.2) is 0 Å². The van der Waals surface area contributed by atoms with Gasteiger partial charge in [-0.3, -0.25) is 14.5 Å². The molecule has 2 amide bonds. The third-order valence-corrected chi connectivity index (χ3v) is 2.93. The van der Waals surface area contributed by atoms with E-state index in [9.17, 15) is 14.8 Å². The maximum Gasteiger partial charge on any atom is 0.229 e. The molecule has 1 unspecified atom stereocenters. The van der Waals surface area contributed by atoms with E-state index in [1.54, 1.807) is 0 Å². The van der Waals surface area contributed by atoms with E-state index in [-0.39, 0.29) is 17.9 Å². The summed E-state index contributed by atoms with van der Waals surface area (Å²) in [5.74, 6) is -0.223. The predicted octanol–water partition coefficient (Wildman–Crippen LogP) is -0.276. The van der Waals surface area contributed by atoms with Crippen LogP contribution in [0.2, 0.25) is 0 Å². The molecule has 0 aromatic carbocycles. The van der Waals surface area contributed by atoms with Gasteiger partial charge in [0.25, 0.3) is 0 Å². The highest BCUT2D eigenvalue weighted by molar-refractivity contribution is 6.01. The Balaban J connectivity index is 1.78. The smallest absolute Gasteiger partial charge is 0.229 e. The molecule has 0 aliphatic carbocycles. The zero-order chi connectivity index (χ0) is 11.5. The van der Waals surface area contributed by atoms with Crippen LogP contribution >= 0.6 is 0 Å². The van der Waals surface area contributed by atoms with Crippen molar-refractivity contribution in [1.82, 2.24) is 9.96 Å². The number of nitrogens with zero attached hydrogens (tertiary/aromatic N) is 2. The topological polar surface area (TPSA) is 72.9 Å². The maximum atomic E-state index is 11.3. The fraction of sp³-hybridized carbons (Fsp3) is 0.800. The van der Waals surface area contributed by atoms with Crippen LogP contribution in [-0.2, 0) is 14.3 Å². The molecule has 2 aliphatic rings. The molecule has 6 nitrogen and oxygen atoms in total. The Kier molecular flexibility index (Phi) is 3.52. The Hall–Kier alpha value is -0.980. The third kappa shape index (κ3) is 2.58. The lowest BCUT2D eigenvalue weighted by Gasteiger charge is -2.37.